The van der Waals surface area contributed by atoms with Crippen LogP contribution in [0.15, 0.2) is 18.6 Å². The Kier molecular flexibility index (Phi) is 6.37. The van der Waals surface area contributed by atoms with E-state index in [2.05, 4.69) is 30.3 Å². The monoisotopic (exact) mass is 429 g/mol. The number of piperazine rings is 1. The van der Waals surface area contributed by atoms with E-state index in [4.69, 9.17) is 9.47 Å². The van der Waals surface area contributed by atoms with Crippen molar-refractivity contribution in [2.45, 2.75) is 33.6 Å². The van der Waals surface area contributed by atoms with Crippen molar-refractivity contribution < 1.29 is 14.3 Å². The Bertz CT molecular complexity index is 1020. The number of nitrogens with zero attached hydrogens (tertiary/aromatic N) is 9. The molecule has 1 fully saturated rings. The van der Waals surface area contributed by atoms with Crippen LogP contribution in [0.5, 0.6) is 0 Å². The molecule has 4 rings (SSSR count). The van der Waals surface area contributed by atoms with E-state index in [1.165, 1.54) is 6.33 Å². The van der Waals surface area contributed by atoms with Crippen LogP contribution in [0, 0.1) is 6.92 Å². The van der Waals surface area contributed by atoms with E-state index in [1.54, 1.807) is 20.3 Å². The van der Waals surface area contributed by atoms with E-state index in [0.29, 0.717) is 57.4 Å². The van der Waals surface area contributed by atoms with Gasteiger partial charge in [0.2, 0.25) is 0 Å². The standard InChI is InChI=1S/C19H27N9O3/c1-4-30-17(31-5-2)12-27-11-15(23-24-27)18(29)26-8-6-25(7-9-26)16-10-14(3)22-19-20-13-21-28(16)19/h10-11,13,17H,4-9,12H2,1-3H3. The number of carbonyl (C=O) groups excluding carboxylic acids is 1. The summed E-state index contributed by atoms with van der Waals surface area (Å²) in [5.74, 6) is 1.37. The zero-order valence-electron chi connectivity index (χ0n) is 18.0. The molecule has 1 aliphatic rings. The van der Waals surface area contributed by atoms with E-state index in [-0.39, 0.29) is 5.91 Å². The summed E-state index contributed by atoms with van der Waals surface area (Å²) in [4.78, 5) is 25.4. The molecule has 166 valence electrons. The molecule has 0 N–H and O–H groups in total. The van der Waals surface area contributed by atoms with Crippen LogP contribution < -0.4 is 4.90 Å². The fourth-order valence-corrected chi connectivity index (χ4v) is 3.60. The van der Waals surface area contributed by atoms with Gasteiger partial charge in [0.1, 0.15) is 12.1 Å². The van der Waals surface area contributed by atoms with Crippen molar-refractivity contribution in [1.29, 1.82) is 0 Å². The van der Waals surface area contributed by atoms with Crippen LogP contribution in [0.1, 0.15) is 30.0 Å². The number of fused-ring (bicyclic) bond motifs is 1. The van der Waals surface area contributed by atoms with Crippen LogP contribution in [0.2, 0.25) is 0 Å². The van der Waals surface area contributed by atoms with Gasteiger partial charge in [-0.15, -0.1) is 5.10 Å². The summed E-state index contributed by atoms with van der Waals surface area (Å²) in [6, 6.07) is 1.98. The molecule has 0 unspecified atom stereocenters. The van der Waals surface area contributed by atoms with Crippen LogP contribution >= 0.6 is 0 Å². The first-order valence-electron chi connectivity index (χ1n) is 10.4. The minimum atomic E-state index is -0.416. The van der Waals surface area contributed by atoms with E-state index in [9.17, 15) is 4.79 Å². The third-order valence-electron chi connectivity index (χ3n) is 5.05. The molecule has 0 aliphatic carbocycles. The van der Waals surface area contributed by atoms with Gasteiger partial charge in [-0.2, -0.15) is 14.6 Å². The maximum Gasteiger partial charge on any atom is 0.276 e. The van der Waals surface area contributed by atoms with Crippen molar-refractivity contribution in [3.05, 3.63) is 30.0 Å². The van der Waals surface area contributed by atoms with E-state index < -0.39 is 6.29 Å². The highest BCUT2D eigenvalue weighted by molar-refractivity contribution is 5.92. The molecule has 0 bridgehead atoms. The van der Waals surface area contributed by atoms with E-state index in [1.807, 2.05) is 26.8 Å². The summed E-state index contributed by atoms with van der Waals surface area (Å²) in [6.45, 7) is 9.69. The van der Waals surface area contributed by atoms with Crippen molar-refractivity contribution in [1.82, 2.24) is 39.5 Å². The van der Waals surface area contributed by atoms with Crippen molar-refractivity contribution in [2.75, 3.05) is 44.3 Å². The van der Waals surface area contributed by atoms with E-state index >= 15 is 0 Å². The van der Waals surface area contributed by atoms with Gasteiger partial charge >= 0.3 is 0 Å². The molecular formula is C19H27N9O3. The first kappa shape index (κ1) is 21.1. The molecule has 1 saturated heterocycles. The quantitative estimate of drug-likeness (QED) is 0.469. The number of amides is 1. The second-order valence-electron chi connectivity index (χ2n) is 7.17. The summed E-state index contributed by atoms with van der Waals surface area (Å²) in [6.07, 6.45) is 2.72. The molecular weight excluding hydrogens is 402 g/mol. The smallest absolute Gasteiger partial charge is 0.276 e. The molecule has 31 heavy (non-hydrogen) atoms. The van der Waals surface area contributed by atoms with Crippen LogP contribution in [0.25, 0.3) is 5.78 Å². The lowest BCUT2D eigenvalue weighted by atomic mass is 10.2. The fourth-order valence-electron chi connectivity index (χ4n) is 3.60. The number of hydrogen-bond donors (Lipinski definition) is 0. The summed E-state index contributed by atoms with van der Waals surface area (Å²) < 4.78 is 14.4. The topological polar surface area (TPSA) is 116 Å². The summed E-state index contributed by atoms with van der Waals surface area (Å²) >= 11 is 0. The molecule has 0 aromatic carbocycles. The Labute approximate surface area is 179 Å². The van der Waals surface area contributed by atoms with E-state index in [0.717, 1.165) is 11.5 Å². The molecule has 0 radical (unpaired) electrons. The number of hydrogen-bond acceptors (Lipinski definition) is 9. The first-order chi connectivity index (χ1) is 15.1. The van der Waals surface area contributed by atoms with Crippen LogP contribution in [-0.2, 0) is 16.0 Å². The van der Waals surface area contributed by atoms with Gasteiger partial charge in [0.15, 0.2) is 12.0 Å². The highest BCUT2D eigenvalue weighted by Crippen LogP contribution is 2.18. The summed E-state index contributed by atoms with van der Waals surface area (Å²) in [7, 11) is 0. The maximum atomic E-state index is 12.9. The largest absolute Gasteiger partial charge is 0.353 e. The molecule has 0 spiro atoms. The lowest BCUT2D eigenvalue weighted by Gasteiger charge is -2.35. The molecule has 4 heterocycles. The highest BCUT2D eigenvalue weighted by atomic mass is 16.7. The normalized spacial score (nSPS) is 14.7. The minimum Gasteiger partial charge on any atom is -0.353 e. The van der Waals surface area contributed by atoms with Crippen molar-refractivity contribution in [3.63, 3.8) is 0 Å². The molecule has 1 amide bonds. The van der Waals surface area contributed by atoms with Gasteiger partial charge in [-0.25, -0.2) is 9.67 Å². The van der Waals surface area contributed by atoms with Gasteiger partial charge < -0.3 is 19.3 Å². The number of aromatic nitrogens is 7. The Morgan fingerprint density at radius 3 is 2.61 bits per heavy atom. The lowest BCUT2D eigenvalue weighted by molar-refractivity contribution is -0.145. The number of carbonyl (C=O) groups is 1. The predicted octanol–water partition coefficient (Wildman–Crippen LogP) is 0.386. The Morgan fingerprint density at radius 2 is 1.90 bits per heavy atom. The van der Waals surface area contributed by atoms with Gasteiger partial charge in [0, 0.05) is 51.2 Å². The maximum absolute atomic E-state index is 12.9. The number of rotatable bonds is 8. The van der Waals surface area contributed by atoms with Gasteiger partial charge in [0.25, 0.3) is 11.7 Å². The zero-order chi connectivity index (χ0) is 21.8. The molecule has 3 aromatic heterocycles. The zero-order valence-corrected chi connectivity index (χ0v) is 18.0. The number of aryl methyl sites for hydroxylation is 1. The summed E-state index contributed by atoms with van der Waals surface area (Å²) in [5.41, 5.74) is 1.20. The van der Waals surface area contributed by atoms with Gasteiger partial charge in [-0.1, -0.05) is 5.21 Å². The molecule has 3 aromatic rings. The average molecular weight is 429 g/mol. The van der Waals surface area contributed by atoms with Gasteiger partial charge in [-0.3, -0.25) is 4.79 Å². The fraction of sp³-hybridized carbons (Fsp3) is 0.579. The van der Waals surface area contributed by atoms with Crippen molar-refractivity contribution >= 4 is 17.5 Å². The molecule has 12 nitrogen and oxygen atoms in total. The second kappa shape index (κ2) is 9.35. The van der Waals surface area contributed by atoms with Crippen molar-refractivity contribution in [2.24, 2.45) is 0 Å². The Balaban J connectivity index is 1.38. The molecule has 0 atom stereocenters. The SMILES string of the molecule is CCOC(Cn1cc(C(=O)N2CCN(c3cc(C)nc4ncnn34)CC2)nn1)OCC. The molecule has 12 heteroatoms. The van der Waals surface area contributed by atoms with Crippen LogP contribution in [0.3, 0.4) is 0 Å². The number of anilines is 1. The predicted molar refractivity (Wildman–Crippen MR) is 111 cm³/mol. The summed E-state index contributed by atoms with van der Waals surface area (Å²) in [5, 5.41) is 12.4. The Hall–Kier alpha value is -3.12. The number of ether oxygens (including phenoxy) is 2. The minimum absolute atomic E-state index is 0.132. The van der Waals surface area contributed by atoms with Crippen molar-refractivity contribution in [3.8, 4) is 0 Å². The van der Waals surface area contributed by atoms with Gasteiger partial charge in [-0.05, 0) is 20.8 Å². The van der Waals surface area contributed by atoms with Crippen LogP contribution in [-0.4, -0.2) is 91.1 Å². The Morgan fingerprint density at radius 1 is 1.16 bits per heavy atom. The highest BCUT2D eigenvalue weighted by Gasteiger charge is 2.26. The third kappa shape index (κ3) is 4.64. The second-order valence-corrected chi connectivity index (χ2v) is 7.17. The third-order valence-corrected chi connectivity index (χ3v) is 5.05. The first-order valence-corrected chi connectivity index (χ1v) is 10.4. The average Bonchev–Trinajstić information content (AvgIpc) is 3.42. The molecule has 1 aliphatic heterocycles. The van der Waals surface area contributed by atoms with Crippen LogP contribution in [0.4, 0.5) is 5.82 Å². The molecule has 0 saturated carbocycles. The lowest BCUT2D eigenvalue weighted by Crippen LogP contribution is -2.49. The van der Waals surface area contributed by atoms with Gasteiger partial charge in [0.05, 0.1) is 12.7 Å².